The van der Waals surface area contributed by atoms with Gasteiger partial charge in [0.05, 0.1) is 16.9 Å². The number of aryl methyl sites for hydroxylation is 1. The largest absolute Gasteiger partial charge is 0.340 e. The number of pyridine rings is 1. The van der Waals surface area contributed by atoms with Crippen molar-refractivity contribution in [1.29, 1.82) is 0 Å². The van der Waals surface area contributed by atoms with E-state index in [2.05, 4.69) is 57.5 Å². The lowest BCUT2D eigenvalue weighted by Gasteiger charge is -2.30. The van der Waals surface area contributed by atoms with Crippen LogP contribution in [0.5, 0.6) is 0 Å². The number of halogens is 1. The molecule has 1 aromatic carbocycles. The number of rotatable bonds is 6. The van der Waals surface area contributed by atoms with Crippen LogP contribution in [0.25, 0.3) is 16.7 Å². The van der Waals surface area contributed by atoms with E-state index in [1.807, 2.05) is 6.07 Å². The Balaban J connectivity index is 1.39. The van der Waals surface area contributed by atoms with Crippen molar-refractivity contribution in [3.05, 3.63) is 70.0 Å². The van der Waals surface area contributed by atoms with Crippen LogP contribution in [0.2, 0.25) is 0 Å². The molecule has 1 unspecified atom stereocenters. The fraction of sp³-hybridized carbons (Fsp3) is 0.429. The van der Waals surface area contributed by atoms with Gasteiger partial charge in [-0.15, -0.1) is 0 Å². The summed E-state index contributed by atoms with van der Waals surface area (Å²) in [5.74, 6) is 1.19. The molecule has 2 aliphatic rings. The molecule has 2 aliphatic carbocycles. The lowest BCUT2D eigenvalue weighted by Crippen LogP contribution is -2.33. The molecule has 0 saturated heterocycles. The molecule has 8 nitrogen and oxygen atoms in total. The summed E-state index contributed by atoms with van der Waals surface area (Å²) in [7, 11) is 4.29. The van der Waals surface area contributed by atoms with Gasteiger partial charge in [-0.2, -0.15) is 0 Å². The zero-order valence-electron chi connectivity index (χ0n) is 21.7. The van der Waals surface area contributed by atoms with Gasteiger partial charge in [-0.3, -0.25) is 4.79 Å². The Kier molecular flexibility index (Phi) is 5.63. The molecule has 1 atom stereocenters. The van der Waals surface area contributed by atoms with Crippen LogP contribution in [0.1, 0.15) is 56.1 Å². The van der Waals surface area contributed by atoms with Crippen LogP contribution in [0.4, 0.5) is 15.9 Å². The Labute approximate surface area is 215 Å². The molecular weight excluding hydrogens is 469 g/mol. The summed E-state index contributed by atoms with van der Waals surface area (Å²) in [4.78, 5) is 28.8. The van der Waals surface area contributed by atoms with Gasteiger partial charge < -0.3 is 10.2 Å². The van der Waals surface area contributed by atoms with E-state index in [0.717, 1.165) is 37.8 Å². The molecule has 9 heteroatoms. The third-order valence-electron chi connectivity index (χ3n) is 7.46. The summed E-state index contributed by atoms with van der Waals surface area (Å²) in [6, 6.07) is 10.8. The highest BCUT2D eigenvalue weighted by Gasteiger charge is 2.31. The molecule has 0 radical (unpaired) electrons. The highest BCUT2D eigenvalue weighted by Crippen LogP contribution is 2.36. The monoisotopic (exact) mass is 501 g/mol. The second-order valence-electron chi connectivity index (χ2n) is 11.0. The zero-order valence-corrected chi connectivity index (χ0v) is 21.7. The Bertz CT molecular complexity index is 1540. The lowest BCUT2D eigenvalue weighted by molar-refractivity contribution is 0.206. The maximum Gasteiger partial charge on any atom is 0.276 e. The maximum absolute atomic E-state index is 14.7. The predicted octanol–water partition coefficient (Wildman–Crippen LogP) is 4.68. The minimum absolute atomic E-state index is 0.0830. The molecular formula is C28H32FN7O. The Morgan fingerprint density at radius 1 is 1.08 bits per heavy atom. The summed E-state index contributed by atoms with van der Waals surface area (Å²) >= 11 is 0. The SMILES string of the molecule is CN(C)C1CCc2cc(Nc3cc4c(cn3)c(=O)n(C3CC3)n4-c3ccnc(C(C)(C)F)n3)ccc2C1. The van der Waals surface area contributed by atoms with E-state index in [9.17, 15) is 9.18 Å². The van der Waals surface area contributed by atoms with Crippen molar-refractivity contribution in [2.45, 2.75) is 63.7 Å². The number of nitrogens with one attached hydrogen (secondary N) is 1. The van der Waals surface area contributed by atoms with Crippen LogP contribution >= 0.6 is 0 Å². The second-order valence-corrected chi connectivity index (χ2v) is 11.0. The van der Waals surface area contributed by atoms with Crippen molar-refractivity contribution in [2.24, 2.45) is 0 Å². The van der Waals surface area contributed by atoms with Gasteiger partial charge in [0.15, 0.2) is 17.3 Å². The smallest absolute Gasteiger partial charge is 0.276 e. The number of alkyl halides is 1. The highest BCUT2D eigenvalue weighted by atomic mass is 19.1. The van der Waals surface area contributed by atoms with Gasteiger partial charge in [-0.1, -0.05) is 6.07 Å². The number of aromatic nitrogens is 5. The summed E-state index contributed by atoms with van der Waals surface area (Å²) in [6.45, 7) is 2.86. The van der Waals surface area contributed by atoms with Gasteiger partial charge in [-0.25, -0.2) is 28.7 Å². The molecule has 192 valence electrons. The molecule has 0 spiro atoms. The lowest BCUT2D eigenvalue weighted by atomic mass is 9.87. The minimum atomic E-state index is -1.70. The van der Waals surface area contributed by atoms with Crippen molar-refractivity contribution in [1.82, 2.24) is 29.2 Å². The topological polar surface area (TPSA) is 80.9 Å². The van der Waals surface area contributed by atoms with Crippen LogP contribution in [0.3, 0.4) is 0 Å². The van der Waals surface area contributed by atoms with Crippen LogP contribution < -0.4 is 10.9 Å². The third kappa shape index (κ3) is 4.41. The predicted molar refractivity (Wildman–Crippen MR) is 143 cm³/mol. The summed E-state index contributed by atoms with van der Waals surface area (Å²) in [5, 5.41) is 3.94. The molecule has 3 aromatic heterocycles. The first-order valence-electron chi connectivity index (χ1n) is 12.9. The summed E-state index contributed by atoms with van der Waals surface area (Å²) < 4.78 is 18.2. The number of hydrogen-bond acceptors (Lipinski definition) is 6. The van der Waals surface area contributed by atoms with E-state index in [1.54, 1.807) is 27.8 Å². The Morgan fingerprint density at radius 2 is 1.89 bits per heavy atom. The number of fused-ring (bicyclic) bond motifs is 2. The third-order valence-corrected chi connectivity index (χ3v) is 7.46. The van der Waals surface area contributed by atoms with E-state index in [4.69, 9.17) is 0 Å². The zero-order chi connectivity index (χ0) is 25.9. The molecule has 0 aliphatic heterocycles. The van der Waals surface area contributed by atoms with Crippen molar-refractivity contribution >= 4 is 22.4 Å². The quantitative estimate of drug-likeness (QED) is 0.413. The van der Waals surface area contributed by atoms with Gasteiger partial charge in [0.25, 0.3) is 5.56 Å². The number of anilines is 2. The van der Waals surface area contributed by atoms with Crippen molar-refractivity contribution in [2.75, 3.05) is 19.4 Å². The van der Waals surface area contributed by atoms with E-state index in [0.29, 0.717) is 28.6 Å². The fourth-order valence-corrected chi connectivity index (χ4v) is 5.22. The number of nitrogens with zero attached hydrogens (tertiary/aromatic N) is 6. The maximum atomic E-state index is 14.7. The normalized spacial score (nSPS) is 17.8. The highest BCUT2D eigenvalue weighted by molar-refractivity contribution is 5.82. The molecule has 6 rings (SSSR count). The van der Waals surface area contributed by atoms with Crippen LogP contribution in [0, 0.1) is 0 Å². The molecule has 0 amide bonds. The van der Waals surface area contributed by atoms with Crippen LogP contribution in [-0.2, 0) is 18.5 Å². The number of likely N-dealkylation sites (N-methyl/N-ethyl adjacent to an activating group) is 1. The van der Waals surface area contributed by atoms with E-state index in [1.165, 1.54) is 25.0 Å². The molecule has 1 fully saturated rings. The van der Waals surface area contributed by atoms with Gasteiger partial charge in [-0.05, 0) is 83.3 Å². The Morgan fingerprint density at radius 3 is 2.62 bits per heavy atom. The van der Waals surface area contributed by atoms with Crippen molar-refractivity contribution in [3.63, 3.8) is 0 Å². The summed E-state index contributed by atoms with van der Waals surface area (Å²) in [6.07, 6.45) is 8.26. The molecule has 1 N–H and O–H groups in total. The van der Waals surface area contributed by atoms with E-state index in [-0.39, 0.29) is 17.4 Å². The van der Waals surface area contributed by atoms with Gasteiger partial charge in [0, 0.05) is 36.3 Å². The molecule has 3 heterocycles. The average molecular weight is 502 g/mol. The van der Waals surface area contributed by atoms with Crippen LogP contribution in [-0.4, -0.2) is 49.4 Å². The van der Waals surface area contributed by atoms with Gasteiger partial charge >= 0.3 is 0 Å². The molecule has 37 heavy (non-hydrogen) atoms. The Hall–Kier alpha value is -3.59. The first kappa shape index (κ1) is 23.8. The van der Waals surface area contributed by atoms with Gasteiger partial charge in [0.1, 0.15) is 5.82 Å². The average Bonchev–Trinajstić information content (AvgIpc) is 3.67. The van der Waals surface area contributed by atoms with Crippen molar-refractivity contribution < 1.29 is 4.39 Å². The minimum Gasteiger partial charge on any atom is -0.340 e. The van der Waals surface area contributed by atoms with E-state index >= 15 is 0 Å². The summed E-state index contributed by atoms with van der Waals surface area (Å²) in [5.41, 5.74) is 2.60. The first-order chi connectivity index (χ1) is 17.7. The molecule has 0 bridgehead atoms. The second kappa shape index (κ2) is 8.76. The molecule has 1 saturated carbocycles. The number of hydrogen-bond donors (Lipinski definition) is 1. The van der Waals surface area contributed by atoms with Gasteiger partial charge in [0.2, 0.25) is 0 Å². The first-order valence-corrected chi connectivity index (χ1v) is 12.9. The molecule has 4 aromatic rings. The van der Waals surface area contributed by atoms with Crippen molar-refractivity contribution in [3.8, 4) is 5.82 Å². The number of benzene rings is 1. The van der Waals surface area contributed by atoms with E-state index < -0.39 is 5.67 Å². The van der Waals surface area contributed by atoms with Crippen LogP contribution in [0.15, 0.2) is 47.5 Å². The standard InChI is InChI=1S/C28H32FN7O/c1-28(2,29)27-30-12-11-25(33-27)36-23-15-24(31-16-22(23)26(37)35(36)20-9-10-20)32-19-7-5-18-14-21(34(3)4)8-6-17(18)13-19/h5,7,11-13,15-16,20-21H,6,8-10,14H2,1-4H3,(H,31,32). The fourth-order valence-electron chi connectivity index (χ4n) is 5.22.